The van der Waals surface area contributed by atoms with Gasteiger partial charge in [0.2, 0.25) is 0 Å². The largest absolute Gasteiger partial charge is 0.456 e. The SMILES string of the molecule is c1ccc(-c2ccc(Cc3cccc4oc5ccc6ccccc6c5c34)cc2)cc1. The number of hydrogen-bond acceptors (Lipinski definition) is 1. The predicted molar refractivity (Wildman–Crippen MR) is 126 cm³/mol. The molecule has 1 heteroatoms. The molecule has 0 aliphatic carbocycles. The fourth-order valence-corrected chi connectivity index (χ4v) is 4.47. The normalized spacial score (nSPS) is 11.5. The molecule has 0 saturated carbocycles. The van der Waals surface area contributed by atoms with Gasteiger partial charge < -0.3 is 4.42 Å². The van der Waals surface area contributed by atoms with E-state index in [1.165, 1.54) is 43.8 Å². The fourth-order valence-electron chi connectivity index (χ4n) is 4.47. The average molecular weight is 384 g/mol. The topological polar surface area (TPSA) is 13.1 Å². The molecule has 0 bridgehead atoms. The second kappa shape index (κ2) is 6.89. The van der Waals surface area contributed by atoms with E-state index in [0.29, 0.717) is 0 Å². The Hall–Kier alpha value is -3.84. The lowest BCUT2D eigenvalue weighted by molar-refractivity contribution is 0.669. The van der Waals surface area contributed by atoms with Crippen molar-refractivity contribution in [2.45, 2.75) is 6.42 Å². The Balaban J connectivity index is 1.47. The van der Waals surface area contributed by atoms with E-state index in [4.69, 9.17) is 4.42 Å². The summed E-state index contributed by atoms with van der Waals surface area (Å²) in [4.78, 5) is 0. The molecule has 1 aromatic heterocycles. The van der Waals surface area contributed by atoms with Crippen LogP contribution in [0.25, 0.3) is 43.8 Å². The van der Waals surface area contributed by atoms with Crippen molar-refractivity contribution in [1.82, 2.24) is 0 Å². The molecule has 1 heterocycles. The van der Waals surface area contributed by atoms with Crippen LogP contribution >= 0.6 is 0 Å². The highest BCUT2D eigenvalue weighted by Crippen LogP contribution is 2.37. The molecule has 6 rings (SSSR count). The molecule has 0 unspecified atom stereocenters. The molecule has 0 aliphatic heterocycles. The third-order valence-corrected chi connectivity index (χ3v) is 5.93. The maximum absolute atomic E-state index is 6.22. The third kappa shape index (κ3) is 2.79. The van der Waals surface area contributed by atoms with Gasteiger partial charge in [0, 0.05) is 10.8 Å². The molecular formula is C29H20O. The lowest BCUT2D eigenvalue weighted by Gasteiger charge is -2.07. The van der Waals surface area contributed by atoms with Gasteiger partial charge in [-0.15, -0.1) is 0 Å². The first-order valence-corrected chi connectivity index (χ1v) is 10.3. The van der Waals surface area contributed by atoms with E-state index in [2.05, 4.69) is 109 Å². The van der Waals surface area contributed by atoms with Crippen molar-refractivity contribution in [1.29, 1.82) is 0 Å². The Bertz CT molecular complexity index is 1490. The van der Waals surface area contributed by atoms with Crippen LogP contribution in [0.3, 0.4) is 0 Å². The van der Waals surface area contributed by atoms with Gasteiger partial charge in [0.05, 0.1) is 0 Å². The minimum absolute atomic E-state index is 0.879. The summed E-state index contributed by atoms with van der Waals surface area (Å²) in [5.41, 5.74) is 7.01. The van der Waals surface area contributed by atoms with Gasteiger partial charge >= 0.3 is 0 Å². The minimum Gasteiger partial charge on any atom is -0.456 e. The van der Waals surface area contributed by atoms with E-state index in [1.54, 1.807) is 0 Å². The van der Waals surface area contributed by atoms with E-state index in [9.17, 15) is 0 Å². The summed E-state index contributed by atoms with van der Waals surface area (Å²) in [6, 6.07) is 38.6. The zero-order valence-corrected chi connectivity index (χ0v) is 16.5. The van der Waals surface area contributed by atoms with Gasteiger partial charge in [0.25, 0.3) is 0 Å². The van der Waals surface area contributed by atoms with Crippen LogP contribution in [-0.2, 0) is 6.42 Å². The van der Waals surface area contributed by atoms with Gasteiger partial charge in [0.15, 0.2) is 0 Å². The number of fused-ring (bicyclic) bond motifs is 5. The number of furan rings is 1. The molecule has 6 aromatic rings. The summed E-state index contributed by atoms with van der Waals surface area (Å²) in [6.45, 7) is 0. The number of hydrogen-bond donors (Lipinski definition) is 0. The van der Waals surface area contributed by atoms with Gasteiger partial charge in [-0.3, -0.25) is 0 Å². The lowest BCUT2D eigenvalue weighted by Crippen LogP contribution is -1.89. The Kier molecular flexibility index (Phi) is 3.92. The maximum Gasteiger partial charge on any atom is 0.136 e. The van der Waals surface area contributed by atoms with E-state index < -0.39 is 0 Å². The van der Waals surface area contributed by atoms with Crippen molar-refractivity contribution in [3.05, 3.63) is 120 Å². The highest BCUT2D eigenvalue weighted by Gasteiger charge is 2.14. The van der Waals surface area contributed by atoms with Crippen molar-refractivity contribution in [2.24, 2.45) is 0 Å². The smallest absolute Gasteiger partial charge is 0.136 e. The second-order valence-electron chi connectivity index (χ2n) is 7.79. The van der Waals surface area contributed by atoms with Crippen molar-refractivity contribution in [3.8, 4) is 11.1 Å². The molecule has 1 nitrogen and oxygen atoms in total. The minimum atomic E-state index is 0.879. The molecule has 0 aliphatic rings. The van der Waals surface area contributed by atoms with E-state index in [0.717, 1.165) is 17.6 Å². The van der Waals surface area contributed by atoms with Gasteiger partial charge in [-0.25, -0.2) is 0 Å². The summed E-state index contributed by atoms with van der Waals surface area (Å²) < 4.78 is 6.22. The average Bonchev–Trinajstić information content (AvgIpc) is 3.20. The fraction of sp³-hybridized carbons (Fsp3) is 0.0345. The molecule has 0 radical (unpaired) electrons. The molecule has 0 atom stereocenters. The van der Waals surface area contributed by atoms with Gasteiger partial charge in [-0.2, -0.15) is 0 Å². The zero-order valence-electron chi connectivity index (χ0n) is 16.5. The Morgan fingerprint density at radius 3 is 2.10 bits per heavy atom. The molecule has 142 valence electrons. The van der Waals surface area contributed by atoms with Crippen molar-refractivity contribution in [3.63, 3.8) is 0 Å². The summed E-state index contributed by atoms with van der Waals surface area (Å²) in [7, 11) is 0. The van der Waals surface area contributed by atoms with Crippen molar-refractivity contribution < 1.29 is 4.42 Å². The highest BCUT2D eigenvalue weighted by molar-refractivity contribution is 6.19. The van der Waals surface area contributed by atoms with Crippen LogP contribution in [0.2, 0.25) is 0 Å². The van der Waals surface area contributed by atoms with Crippen LogP contribution < -0.4 is 0 Å². The Labute approximate surface area is 175 Å². The molecule has 0 N–H and O–H groups in total. The Morgan fingerprint density at radius 2 is 1.23 bits per heavy atom. The quantitative estimate of drug-likeness (QED) is 0.301. The predicted octanol–water partition coefficient (Wildman–Crippen LogP) is 8.00. The van der Waals surface area contributed by atoms with E-state index in [-0.39, 0.29) is 0 Å². The van der Waals surface area contributed by atoms with E-state index in [1.807, 2.05) is 0 Å². The van der Waals surface area contributed by atoms with Crippen molar-refractivity contribution >= 4 is 32.7 Å². The van der Waals surface area contributed by atoms with Crippen LogP contribution in [-0.4, -0.2) is 0 Å². The monoisotopic (exact) mass is 384 g/mol. The summed E-state index contributed by atoms with van der Waals surface area (Å²) in [5, 5.41) is 4.95. The number of rotatable bonds is 3. The van der Waals surface area contributed by atoms with Gasteiger partial charge in [-0.1, -0.05) is 97.1 Å². The van der Waals surface area contributed by atoms with Crippen LogP contribution in [0, 0.1) is 0 Å². The molecule has 0 spiro atoms. The standard InChI is InChI=1S/C29H20O/c1-2-7-21(8-3-1)22-15-13-20(14-16-22)19-24-10-6-12-26-28(24)29-25-11-5-4-9-23(25)17-18-27(29)30-26/h1-18H,19H2. The molecule has 0 saturated heterocycles. The molecule has 0 amide bonds. The molecule has 30 heavy (non-hydrogen) atoms. The zero-order chi connectivity index (χ0) is 19.9. The third-order valence-electron chi connectivity index (χ3n) is 5.93. The first-order chi connectivity index (χ1) is 14.9. The van der Waals surface area contributed by atoms with Crippen molar-refractivity contribution in [2.75, 3.05) is 0 Å². The van der Waals surface area contributed by atoms with E-state index >= 15 is 0 Å². The Morgan fingerprint density at radius 1 is 0.500 bits per heavy atom. The highest BCUT2D eigenvalue weighted by atomic mass is 16.3. The van der Waals surface area contributed by atoms with Crippen LogP contribution in [0.5, 0.6) is 0 Å². The van der Waals surface area contributed by atoms with Crippen LogP contribution in [0.4, 0.5) is 0 Å². The number of benzene rings is 5. The molecular weight excluding hydrogens is 364 g/mol. The van der Waals surface area contributed by atoms with Gasteiger partial charge in [0.1, 0.15) is 11.2 Å². The molecule has 5 aromatic carbocycles. The molecule has 0 fully saturated rings. The summed E-state index contributed by atoms with van der Waals surface area (Å²) in [5.74, 6) is 0. The van der Waals surface area contributed by atoms with Crippen LogP contribution in [0.15, 0.2) is 114 Å². The summed E-state index contributed by atoms with van der Waals surface area (Å²) >= 11 is 0. The first kappa shape index (κ1) is 17.1. The second-order valence-corrected chi connectivity index (χ2v) is 7.79. The van der Waals surface area contributed by atoms with Crippen LogP contribution in [0.1, 0.15) is 11.1 Å². The maximum atomic E-state index is 6.22. The summed E-state index contributed by atoms with van der Waals surface area (Å²) in [6.07, 6.45) is 0.879. The van der Waals surface area contributed by atoms with Gasteiger partial charge in [-0.05, 0) is 51.6 Å². The first-order valence-electron chi connectivity index (χ1n) is 10.3. The lowest BCUT2D eigenvalue weighted by atomic mass is 9.96.